The number of nitrogens with one attached hydrogen (secondary N) is 1. The SMILES string of the molecule is CCCNC(Cc1c(F)cccc1Cl)c1ncc(C)cn1. The van der Waals surface area contributed by atoms with Crippen LogP contribution >= 0.6 is 11.6 Å². The van der Waals surface area contributed by atoms with Crippen molar-refractivity contribution in [1.82, 2.24) is 15.3 Å². The van der Waals surface area contributed by atoms with E-state index in [1.165, 1.54) is 6.07 Å². The normalized spacial score (nSPS) is 12.4. The van der Waals surface area contributed by atoms with Crippen molar-refractivity contribution in [3.05, 3.63) is 58.4 Å². The van der Waals surface area contributed by atoms with Crippen LogP contribution in [0.25, 0.3) is 0 Å². The molecule has 112 valence electrons. The Morgan fingerprint density at radius 1 is 1.29 bits per heavy atom. The highest BCUT2D eigenvalue weighted by molar-refractivity contribution is 6.31. The van der Waals surface area contributed by atoms with Gasteiger partial charge in [-0.1, -0.05) is 24.6 Å². The van der Waals surface area contributed by atoms with E-state index >= 15 is 0 Å². The first-order valence-corrected chi connectivity index (χ1v) is 7.44. The third-order valence-corrected chi connectivity index (χ3v) is 3.58. The van der Waals surface area contributed by atoms with E-state index in [9.17, 15) is 4.39 Å². The van der Waals surface area contributed by atoms with E-state index in [2.05, 4.69) is 22.2 Å². The van der Waals surface area contributed by atoms with Crippen LogP contribution in [-0.2, 0) is 6.42 Å². The van der Waals surface area contributed by atoms with Crippen LogP contribution < -0.4 is 5.32 Å². The number of benzene rings is 1. The van der Waals surface area contributed by atoms with E-state index in [1.807, 2.05) is 6.92 Å². The molecule has 0 aliphatic heterocycles. The molecule has 1 atom stereocenters. The Morgan fingerprint density at radius 2 is 2.00 bits per heavy atom. The van der Waals surface area contributed by atoms with Gasteiger partial charge in [0.25, 0.3) is 0 Å². The fourth-order valence-electron chi connectivity index (χ4n) is 2.09. The van der Waals surface area contributed by atoms with Crippen molar-refractivity contribution in [3.63, 3.8) is 0 Å². The molecule has 5 heteroatoms. The zero-order valence-corrected chi connectivity index (χ0v) is 13.0. The van der Waals surface area contributed by atoms with E-state index < -0.39 is 0 Å². The number of hydrogen-bond donors (Lipinski definition) is 1. The van der Waals surface area contributed by atoms with Gasteiger partial charge in [-0.2, -0.15) is 0 Å². The summed E-state index contributed by atoms with van der Waals surface area (Å²) in [6.45, 7) is 4.83. The summed E-state index contributed by atoms with van der Waals surface area (Å²) in [4.78, 5) is 8.70. The van der Waals surface area contributed by atoms with Crippen LogP contribution in [0.4, 0.5) is 4.39 Å². The Labute approximate surface area is 129 Å². The number of rotatable bonds is 6. The third kappa shape index (κ3) is 4.22. The second kappa shape index (κ2) is 7.48. The van der Waals surface area contributed by atoms with Gasteiger partial charge in [0.2, 0.25) is 0 Å². The van der Waals surface area contributed by atoms with Crippen molar-refractivity contribution < 1.29 is 4.39 Å². The largest absolute Gasteiger partial charge is 0.307 e. The lowest BCUT2D eigenvalue weighted by Crippen LogP contribution is -2.26. The minimum atomic E-state index is -0.294. The maximum absolute atomic E-state index is 14.0. The summed E-state index contributed by atoms with van der Waals surface area (Å²) in [5, 5.41) is 3.79. The minimum absolute atomic E-state index is 0.153. The van der Waals surface area contributed by atoms with Gasteiger partial charge in [-0.15, -0.1) is 0 Å². The molecule has 0 aliphatic rings. The van der Waals surface area contributed by atoms with Crippen molar-refractivity contribution >= 4 is 11.6 Å². The van der Waals surface area contributed by atoms with E-state index in [4.69, 9.17) is 11.6 Å². The molecule has 0 amide bonds. The van der Waals surface area contributed by atoms with Crippen LogP contribution in [0, 0.1) is 12.7 Å². The first kappa shape index (κ1) is 15.9. The summed E-state index contributed by atoms with van der Waals surface area (Å²) in [5.41, 5.74) is 1.49. The molecule has 0 saturated heterocycles. The molecule has 1 unspecified atom stereocenters. The van der Waals surface area contributed by atoms with Gasteiger partial charge < -0.3 is 5.32 Å². The summed E-state index contributed by atoms with van der Waals surface area (Å²) < 4.78 is 14.0. The van der Waals surface area contributed by atoms with Crippen LogP contribution in [0.2, 0.25) is 5.02 Å². The van der Waals surface area contributed by atoms with Gasteiger partial charge in [-0.05, 0) is 44.0 Å². The highest BCUT2D eigenvalue weighted by atomic mass is 35.5. The highest BCUT2D eigenvalue weighted by Crippen LogP contribution is 2.24. The molecule has 3 nitrogen and oxygen atoms in total. The molecule has 0 saturated carbocycles. The summed E-state index contributed by atoms with van der Waals surface area (Å²) in [6, 6.07) is 4.58. The number of aromatic nitrogens is 2. The van der Waals surface area contributed by atoms with Gasteiger partial charge in [-0.25, -0.2) is 14.4 Å². The maximum atomic E-state index is 14.0. The number of aryl methyl sites for hydroxylation is 1. The molecule has 0 fully saturated rings. The molecule has 1 aromatic heterocycles. The lowest BCUT2D eigenvalue weighted by Gasteiger charge is -2.18. The number of hydrogen-bond acceptors (Lipinski definition) is 3. The zero-order valence-electron chi connectivity index (χ0n) is 12.2. The molecule has 0 bridgehead atoms. The third-order valence-electron chi connectivity index (χ3n) is 3.22. The van der Waals surface area contributed by atoms with Gasteiger partial charge >= 0.3 is 0 Å². The Balaban J connectivity index is 2.26. The molecule has 1 aromatic carbocycles. The van der Waals surface area contributed by atoms with E-state index in [1.54, 1.807) is 24.5 Å². The fourth-order valence-corrected chi connectivity index (χ4v) is 2.33. The molecule has 1 heterocycles. The molecular formula is C16H19ClFN3. The van der Waals surface area contributed by atoms with Crippen LogP contribution in [0.3, 0.4) is 0 Å². The first-order valence-electron chi connectivity index (χ1n) is 7.06. The Morgan fingerprint density at radius 3 is 2.62 bits per heavy atom. The predicted octanol–water partition coefficient (Wildman–Crippen LogP) is 3.86. The highest BCUT2D eigenvalue weighted by Gasteiger charge is 2.18. The molecule has 1 N–H and O–H groups in total. The Hall–Kier alpha value is -1.52. The van der Waals surface area contributed by atoms with E-state index in [0.717, 1.165) is 18.5 Å². The molecule has 0 spiro atoms. The van der Waals surface area contributed by atoms with Crippen LogP contribution in [0.1, 0.15) is 36.3 Å². The smallest absolute Gasteiger partial charge is 0.145 e. The number of nitrogens with zero attached hydrogens (tertiary/aromatic N) is 2. The minimum Gasteiger partial charge on any atom is -0.307 e. The van der Waals surface area contributed by atoms with Gasteiger partial charge in [0.15, 0.2) is 0 Å². The lowest BCUT2D eigenvalue weighted by molar-refractivity contribution is 0.491. The second-order valence-corrected chi connectivity index (χ2v) is 5.44. The number of halogens is 2. The van der Waals surface area contributed by atoms with Crippen LogP contribution in [0.5, 0.6) is 0 Å². The van der Waals surface area contributed by atoms with Crippen molar-refractivity contribution in [3.8, 4) is 0 Å². The average Bonchev–Trinajstić information content (AvgIpc) is 2.47. The van der Waals surface area contributed by atoms with Crippen molar-refractivity contribution in [2.75, 3.05) is 6.54 Å². The monoisotopic (exact) mass is 307 g/mol. The lowest BCUT2D eigenvalue weighted by atomic mass is 10.0. The molecule has 0 aliphatic carbocycles. The summed E-state index contributed by atoms with van der Waals surface area (Å²) in [5.74, 6) is 0.367. The van der Waals surface area contributed by atoms with Crippen LogP contribution in [0.15, 0.2) is 30.6 Å². The van der Waals surface area contributed by atoms with E-state index in [-0.39, 0.29) is 11.9 Å². The Kier molecular flexibility index (Phi) is 5.65. The average molecular weight is 308 g/mol. The van der Waals surface area contributed by atoms with Gasteiger partial charge in [0.1, 0.15) is 11.6 Å². The molecular weight excluding hydrogens is 289 g/mol. The maximum Gasteiger partial charge on any atom is 0.145 e. The Bertz CT molecular complexity index is 566. The second-order valence-electron chi connectivity index (χ2n) is 5.03. The fraction of sp³-hybridized carbons (Fsp3) is 0.375. The quantitative estimate of drug-likeness (QED) is 0.880. The van der Waals surface area contributed by atoms with Crippen molar-refractivity contribution in [2.24, 2.45) is 0 Å². The first-order chi connectivity index (χ1) is 10.1. The molecule has 0 radical (unpaired) electrons. The predicted molar refractivity (Wildman–Crippen MR) is 82.9 cm³/mol. The van der Waals surface area contributed by atoms with Crippen LogP contribution in [-0.4, -0.2) is 16.5 Å². The van der Waals surface area contributed by atoms with Crippen molar-refractivity contribution in [2.45, 2.75) is 32.7 Å². The van der Waals surface area contributed by atoms with E-state index in [0.29, 0.717) is 22.8 Å². The summed E-state index contributed by atoms with van der Waals surface area (Å²) >= 11 is 6.11. The summed E-state index contributed by atoms with van der Waals surface area (Å²) in [6.07, 6.45) is 4.94. The van der Waals surface area contributed by atoms with Crippen molar-refractivity contribution in [1.29, 1.82) is 0 Å². The molecule has 21 heavy (non-hydrogen) atoms. The summed E-state index contributed by atoms with van der Waals surface area (Å²) in [7, 11) is 0. The van der Waals surface area contributed by atoms with Gasteiger partial charge in [-0.3, -0.25) is 0 Å². The molecule has 2 rings (SSSR count). The van der Waals surface area contributed by atoms with Gasteiger partial charge in [0.05, 0.1) is 6.04 Å². The molecule has 2 aromatic rings. The standard InChI is InChI=1S/C16H19ClFN3/c1-3-7-19-15(16-20-9-11(2)10-21-16)8-12-13(17)5-4-6-14(12)18/h4-6,9-10,15,19H,3,7-8H2,1-2H3. The van der Waals surface area contributed by atoms with Gasteiger partial charge in [0, 0.05) is 23.0 Å². The zero-order chi connectivity index (χ0) is 15.2. The topological polar surface area (TPSA) is 37.8 Å².